The monoisotopic (exact) mass is 583 g/mol. The number of carbonyl (C=O) groups excluding carboxylic acids is 1. The minimum atomic E-state index is -4.33. The van der Waals surface area contributed by atoms with Crippen molar-refractivity contribution < 1.29 is 35.9 Å². The molecule has 1 N–H and O–H groups in total. The summed E-state index contributed by atoms with van der Waals surface area (Å²) < 4.78 is 73.6. The molecule has 0 bridgehead atoms. The molecule has 4 atom stereocenters. The molecule has 1 fully saturated rings. The summed E-state index contributed by atoms with van der Waals surface area (Å²) in [5.41, 5.74) is 2.89. The van der Waals surface area contributed by atoms with Gasteiger partial charge in [0.1, 0.15) is 0 Å². The van der Waals surface area contributed by atoms with Gasteiger partial charge in [-0.3, -0.25) is 14.7 Å². The van der Waals surface area contributed by atoms with Gasteiger partial charge in [0.25, 0.3) is 5.91 Å². The van der Waals surface area contributed by atoms with Gasteiger partial charge in [-0.25, -0.2) is 8.42 Å². The van der Waals surface area contributed by atoms with E-state index in [1.165, 1.54) is 19.2 Å². The smallest absolute Gasteiger partial charge is 0.382 e. The van der Waals surface area contributed by atoms with Crippen LogP contribution in [0, 0.1) is 5.92 Å². The van der Waals surface area contributed by atoms with E-state index in [4.69, 9.17) is 9.47 Å². The van der Waals surface area contributed by atoms with Crippen LogP contribution in [-0.4, -0.2) is 69.1 Å². The first kappa shape index (κ1) is 30.4. The van der Waals surface area contributed by atoms with Gasteiger partial charge in [-0.15, -0.1) is 0 Å². The SMILES string of the molecule is CC[C@H]1c2ncc(C(=O)N[C@@H](COC)c3ccc(S(=O)(=O)CC)cc3)cc2CN1C[C@@H]1CCC(C(F)(F)F)OC1. The van der Waals surface area contributed by atoms with Gasteiger partial charge in [0.05, 0.1) is 47.2 Å². The Morgan fingerprint density at radius 1 is 1.23 bits per heavy atom. The number of alkyl halides is 3. The van der Waals surface area contributed by atoms with Gasteiger partial charge >= 0.3 is 6.18 Å². The van der Waals surface area contributed by atoms with Crippen LogP contribution < -0.4 is 5.32 Å². The minimum Gasteiger partial charge on any atom is -0.382 e. The van der Waals surface area contributed by atoms with Crippen LogP contribution in [0.15, 0.2) is 41.4 Å². The maximum Gasteiger partial charge on any atom is 0.414 e. The molecule has 3 heterocycles. The van der Waals surface area contributed by atoms with Crippen molar-refractivity contribution in [2.24, 2.45) is 5.92 Å². The van der Waals surface area contributed by atoms with E-state index in [1.54, 1.807) is 25.3 Å². The third-order valence-electron chi connectivity index (χ3n) is 7.67. The molecule has 12 heteroatoms. The van der Waals surface area contributed by atoms with Crippen molar-refractivity contribution in [3.8, 4) is 0 Å². The van der Waals surface area contributed by atoms with Crippen LogP contribution in [0.1, 0.15) is 72.4 Å². The Balaban J connectivity index is 1.43. The fourth-order valence-corrected chi connectivity index (χ4v) is 6.34. The number of hydrogen-bond acceptors (Lipinski definition) is 7. The molecule has 0 saturated carbocycles. The van der Waals surface area contributed by atoms with Crippen molar-refractivity contribution in [3.05, 3.63) is 58.9 Å². The van der Waals surface area contributed by atoms with Crippen LogP contribution in [0.3, 0.4) is 0 Å². The number of benzene rings is 1. The van der Waals surface area contributed by atoms with E-state index >= 15 is 0 Å². The number of nitrogens with one attached hydrogen (secondary N) is 1. The van der Waals surface area contributed by atoms with Crippen LogP contribution in [0.2, 0.25) is 0 Å². The molecule has 2 aromatic rings. The molecule has 220 valence electrons. The third-order valence-corrected chi connectivity index (χ3v) is 9.42. The Hall–Kier alpha value is -2.54. The number of aromatic nitrogens is 1. The molecule has 2 aliphatic heterocycles. The van der Waals surface area contributed by atoms with Crippen molar-refractivity contribution >= 4 is 15.7 Å². The lowest BCUT2D eigenvalue weighted by Crippen LogP contribution is -2.40. The zero-order valence-corrected chi connectivity index (χ0v) is 23.7. The molecule has 0 aliphatic carbocycles. The summed E-state index contributed by atoms with van der Waals surface area (Å²) in [7, 11) is -1.82. The number of hydrogen-bond donors (Lipinski definition) is 1. The van der Waals surface area contributed by atoms with E-state index in [1.807, 2.05) is 13.0 Å². The highest BCUT2D eigenvalue weighted by molar-refractivity contribution is 7.91. The highest BCUT2D eigenvalue weighted by Gasteiger charge is 2.43. The average molecular weight is 584 g/mol. The van der Waals surface area contributed by atoms with E-state index in [-0.39, 0.29) is 48.1 Å². The van der Waals surface area contributed by atoms with E-state index in [0.717, 1.165) is 17.7 Å². The molecular weight excluding hydrogens is 547 g/mol. The minimum absolute atomic E-state index is 0.000808. The van der Waals surface area contributed by atoms with Crippen LogP contribution in [-0.2, 0) is 25.9 Å². The van der Waals surface area contributed by atoms with Gasteiger partial charge in [-0.1, -0.05) is 26.0 Å². The first-order valence-electron chi connectivity index (χ1n) is 13.5. The molecule has 0 radical (unpaired) electrons. The van der Waals surface area contributed by atoms with Crippen molar-refractivity contribution in [2.45, 2.75) is 68.9 Å². The standard InChI is InChI=1S/C28H36F3N3O5S/c1-4-24-26-21(15-34(24)14-18-6-11-25(39-16-18)28(29,30)31)12-20(13-32-26)27(35)33-23(17-38-3)19-7-9-22(10-8-19)40(36,37)5-2/h7-10,12-13,18,23-25H,4-6,11,14-17H2,1-3H3,(H,33,35)/t18-,23-,24-,25?/m0/s1. The summed E-state index contributed by atoms with van der Waals surface area (Å²) >= 11 is 0. The quantitative estimate of drug-likeness (QED) is 0.436. The number of sulfone groups is 1. The second-order valence-corrected chi connectivity index (χ2v) is 12.7. The van der Waals surface area contributed by atoms with Gasteiger partial charge in [-0.05, 0) is 54.5 Å². The number of nitrogens with zero attached hydrogens (tertiary/aromatic N) is 2. The first-order chi connectivity index (χ1) is 19.0. The number of ether oxygens (including phenoxy) is 2. The Morgan fingerprint density at radius 3 is 2.52 bits per heavy atom. The Bertz CT molecular complexity index is 1280. The van der Waals surface area contributed by atoms with Gasteiger partial charge in [0, 0.05) is 26.4 Å². The van der Waals surface area contributed by atoms with Crippen molar-refractivity contribution in [2.75, 3.05) is 32.6 Å². The summed E-state index contributed by atoms with van der Waals surface area (Å²) in [6.07, 6.45) is -3.28. The van der Waals surface area contributed by atoms with Crippen molar-refractivity contribution in [1.29, 1.82) is 0 Å². The number of pyridine rings is 1. The number of halogens is 3. The zero-order valence-electron chi connectivity index (χ0n) is 22.9. The molecule has 1 saturated heterocycles. The number of carbonyl (C=O) groups is 1. The summed E-state index contributed by atoms with van der Waals surface area (Å²) in [6, 6.07) is 7.73. The summed E-state index contributed by atoms with van der Waals surface area (Å²) in [5.74, 6) is -0.342. The van der Waals surface area contributed by atoms with Crippen LogP contribution in [0.5, 0.6) is 0 Å². The normalized spacial score (nSPS) is 22.6. The topological polar surface area (TPSA) is 97.8 Å². The number of fused-ring (bicyclic) bond motifs is 1. The molecule has 1 amide bonds. The molecular formula is C28H36F3N3O5S. The number of methoxy groups -OCH3 is 1. The van der Waals surface area contributed by atoms with E-state index in [0.29, 0.717) is 30.6 Å². The molecule has 1 aromatic carbocycles. The average Bonchev–Trinajstić information content (AvgIpc) is 3.28. The molecule has 4 rings (SSSR count). The van der Waals surface area contributed by atoms with Crippen LogP contribution in [0.25, 0.3) is 0 Å². The lowest BCUT2D eigenvalue weighted by molar-refractivity contribution is -0.236. The Labute approximate surface area is 233 Å². The van der Waals surface area contributed by atoms with E-state index < -0.39 is 28.2 Å². The first-order valence-corrected chi connectivity index (χ1v) is 15.2. The summed E-state index contributed by atoms with van der Waals surface area (Å²) in [5, 5.41) is 2.96. The maximum atomic E-state index is 13.2. The Kier molecular flexibility index (Phi) is 9.54. The predicted octanol–water partition coefficient (Wildman–Crippen LogP) is 4.62. The van der Waals surface area contributed by atoms with Gasteiger partial charge in [-0.2, -0.15) is 13.2 Å². The zero-order chi connectivity index (χ0) is 29.1. The molecule has 0 spiro atoms. The molecule has 2 aliphatic rings. The highest BCUT2D eigenvalue weighted by atomic mass is 32.2. The van der Waals surface area contributed by atoms with Crippen molar-refractivity contribution in [3.63, 3.8) is 0 Å². The van der Waals surface area contributed by atoms with Crippen molar-refractivity contribution in [1.82, 2.24) is 15.2 Å². The van der Waals surface area contributed by atoms with Gasteiger partial charge in [0.2, 0.25) is 0 Å². The second kappa shape index (κ2) is 12.5. The maximum absolute atomic E-state index is 13.2. The van der Waals surface area contributed by atoms with E-state index in [9.17, 15) is 26.4 Å². The number of amides is 1. The molecule has 1 unspecified atom stereocenters. The van der Waals surface area contributed by atoms with E-state index in [2.05, 4.69) is 15.2 Å². The Morgan fingerprint density at radius 2 is 1.95 bits per heavy atom. The molecule has 8 nitrogen and oxygen atoms in total. The van der Waals surface area contributed by atoms with Crippen LogP contribution >= 0.6 is 0 Å². The van der Waals surface area contributed by atoms with Crippen LogP contribution in [0.4, 0.5) is 13.2 Å². The fourth-order valence-electron chi connectivity index (χ4n) is 5.46. The fraction of sp³-hybridized carbons (Fsp3) is 0.571. The summed E-state index contributed by atoms with van der Waals surface area (Å²) in [6.45, 7) is 5.03. The van der Waals surface area contributed by atoms with Gasteiger partial charge in [0.15, 0.2) is 15.9 Å². The highest BCUT2D eigenvalue weighted by Crippen LogP contribution is 2.38. The number of rotatable bonds is 10. The lowest BCUT2D eigenvalue weighted by Gasteiger charge is -2.34. The largest absolute Gasteiger partial charge is 0.414 e. The third kappa shape index (κ3) is 6.84. The lowest BCUT2D eigenvalue weighted by atomic mass is 9.97. The predicted molar refractivity (Wildman–Crippen MR) is 142 cm³/mol. The van der Waals surface area contributed by atoms with Gasteiger partial charge < -0.3 is 14.8 Å². The summed E-state index contributed by atoms with van der Waals surface area (Å²) in [4.78, 5) is 20.3. The molecule has 40 heavy (non-hydrogen) atoms. The second-order valence-electron chi connectivity index (χ2n) is 10.4. The molecule has 1 aromatic heterocycles.